The van der Waals surface area contributed by atoms with E-state index < -0.39 is 0 Å². The van der Waals surface area contributed by atoms with Gasteiger partial charge < -0.3 is 4.57 Å². The van der Waals surface area contributed by atoms with E-state index in [1.165, 1.54) is 11.6 Å². The summed E-state index contributed by atoms with van der Waals surface area (Å²) in [5, 5.41) is 1.01. The van der Waals surface area contributed by atoms with Crippen molar-refractivity contribution in [3.8, 4) is 0 Å². The molecule has 0 aliphatic carbocycles. The maximum Gasteiger partial charge on any atom is 0.123 e. The van der Waals surface area contributed by atoms with Gasteiger partial charge in [-0.1, -0.05) is 6.92 Å². The predicted octanol–water partition coefficient (Wildman–Crippen LogP) is 3.08. The van der Waals surface area contributed by atoms with Gasteiger partial charge in [-0.05, 0) is 36.6 Å². The molecule has 0 saturated heterocycles. The zero-order chi connectivity index (χ0) is 10.1. The van der Waals surface area contributed by atoms with Gasteiger partial charge in [-0.3, -0.25) is 0 Å². The van der Waals surface area contributed by atoms with E-state index in [4.69, 9.17) is 0 Å². The van der Waals surface area contributed by atoms with Gasteiger partial charge in [0.15, 0.2) is 0 Å². The van der Waals surface area contributed by atoms with Crippen LogP contribution in [0.3, 0.4) is 0 Å². The number of aryl methyl sites for hydroxylation is 2. The van der Waals surface area contributed by atoms with Crippen molar-refractivity contribution in [1.82, 2.24) is 4.57 Å². The van der Waals surface area contributed by atoms with Gasteiger partial charge in [0.2, 0.25) is 0 Å². The average Bonchev–Trinajstić information content (AvgIpc) is 2.44. The van der Waals surface area contributed by atoms with Crippen LogP contribution in [0.15, 0.2) is 24.4 Å². The van der Waals surface area contributed by atoms with E-state index in [0.717, 1.165) is 23.7 Å². The summed E-state index contributed by atoms with van der Waals surface area (Å²) in [5.41, 5.74) is 2.26. The highest BCUT2D eigenvalue weighted by Gasteiger charge is 2.06. The Bertz CT molecular complexity index is 457. The highest BCUT2D eigenvalue weighted by Crippen LogP contribution is 2.22. The van der Waals surface area contributed by atoms with Crippen molar-refractivity contribution < 1.29 is 4.39 Å². The van der Waals surface area contributed by atoms with E-state index in [2.05, 4.69) is 13.1 Å². The van der Waals surface area contributed by atoms with Crippen LogP contribution in [-0.4, -0.2) is 4.57 Å². The Hall–Kier alpha value is -1.31. The average molecular weight is 190 g/mol. The molecular weight excluding hydrogens is 177 g/mol. The number of fused-ring (bicyclic) bond motifs is 1. The van der Waals surface area contributed by atoms with Crippen molar-refractivity contribution in [2.45, 2.75) is 12.8 Å². The summed E-state index contributed by atoms with van der Waals surface area (Å²) < 4.78 is 15.1. The fourth-order valence-corrected chi connectivity index (χ4v) is 1.84. The number of halogens is 1. The van der Waals surface area contributed by atoms with Crippen LogP contribution < -0.4 is 0 Å². The largest absolute Gasteiger partial charge is 0.350 e. The van der Waals surface area contributed by atoms with Crippen LogP contribution in [-0.2, 0) is 13.5 Å². The second-order valence-electron chi connectivity index (χ2n) is 3.53. The van der Waals surface area contributed by atoms with Crippen LogP contribution in [0.25, 0.3) is 10.9 Å². The van der Waals surface area contributed by atoms with Gasteiger partial charge >= 0.3 is 0 Å². The molecule has 2 rings (SSSR count). The molecule has 0 unspecified atom stereocenters. The van der Waals surface area contributed by atoms with Crippen LogP contribution in [0.2, 0.25) is 0 Å². The zero-order valence-electron chi connectivity index (χ0n) is 8.26. The summed E-state index contributed by atoms with van der Waals surface area (Å²) in [6.07, 6.45) is 3.80. The smallest absolute Gasteiger partial charge is 0.123 e. The Morgan fingerprint density at radius 1 is 1.43 bits per heavy atom. The quantitative estimate of drug-likeness (QED) is 0.685. The minimum Gasteiger partial charge on any atom is -0.350 e. The predicted molar refractivity (Wildman–Crippen MR) is 56.6 cm³/mol. The van der Waals surface area contributed by atoms with E-state index in [9.17, 15) is 4.39 Å². The SMILES string of the molecule is [CH2]CCc1cn(C)c2ccc(F)cc12. The minimum absolute atomic E-state index is 0.172. The maximum absolute atomic E-state index is 13.0. The van der Waals surface area contributed by atoms with Crippen LogP contribution in [0.1, 0.15) is 12.0 Å². The lowest BCUT2D eigenvalue weighted by Crippen LogP contribution is -1.83. The first-order valence-electron chi connectivity index (χ1n) is 4.75. The number of benzene rings is 1. The normalized spacial score (nSPS) is 11.1. The van der Waals surface area contributed by atoms with Crippen molar-refractivity contribution in [3.63, 3.8) is 0 Å². The third-order valence-electron chi connectivity index (χ3n) is 2.48. The first-order chi connectivity index (χ1) is 6.72. The van der Waals surface area contributed by atoms with Crippen molar-refractivity contribution in [2.75, 3.05) is 0 Å². The molecule has 0 N–H and O–H groups in total. The van der Waals surface area contributed by atoms with Gasteiger partial charge in [0.05, 0.1) is 0 Å². The van der Waals surface area contributed by atoms with Crippen molar-refractivity contribution in [2.24, 2.45) is 7.05 Å². The summed E-state index contributed by atoms with van der Waals surface area (Å²) in [6.45, 7) is 3.82. The summed E-state index contributed by atoms with van der Waals surface area (Å²) in [6, 6.07) is 4.91. The van der Waals surface area contributed by atoms with Crippen LogP contribution in [0.4, 0.5) is 4.39 Å². The Morgan fingerprint density at radius 2 is 2.21 bits per heavy atom. The second-order valence-corrected chi connectivity index (χ2v) is 3.53. The Labute approximate surface area is 83.2 Å². The Balaban J connectivity index is 2.66. The molecule has 0 bridgehead atoms. The summed E-state index contributed by atoms with van der Waals surface area (Å²) in [7, 11) is 1.98. The standard InChI is InChI=1S/C12H13FN/c1-3-4-9-8-14(2)12-6-5-10(13)7-11(9)12/h5-8H,1,3-4H2,2H3. The molecule has 14 heavy (non-hydrogen) atoms. The third kappa shape index (κ3) is 1.41. The number of hydrogen-bond acceptors (Lipinski definition) is 0. The van der Waals surface area contributed by atoms with Crippen LogP contribution in [0, 0.1) is 12.7 Å². The van der Waals surface area contributed by atoms with E-state index in [1.807, 2.05) is 17.7 Å². The van der Waals surface area contributed by atoms with E-state index in [1.54, 1.807) is 6.07 Å². The molecule has 73 valence electrons. The molecule has 0 spiro atoms. The monoisotopic (exact) mass is 190 g/mol. The Morgan fingerprint density at radius 3 is 2.93 bits per heavy atom. The molecule has 1 heterocycles. The van der Waals surface area contributed by atoms with E-state index in [-0.39, 0.29) is 5.82 Å². The summed E-state index contributed by atoms with van der Waals surface area (Å²) in [5.74, 6) is -0.172. The molecule has 2 heteroatoms. The lowest BCUT2D eigenvalue weighted by Gasteiger charge is -1.96. The van der Waals surface area contributed by atoms with Crippen LogP contribution >= 0.6 is 0 Å². The summed E-state index contributed by atoms with van der Waals surface area (Å²) >= 11 is 0. The molecule has 1 radical (unpaired) electrons. The number of nitrogens with zero attached hydrogens (tertiary/aromatic N) is 1. The fraction of sp³-hybridized carbons (Fsp3) is 0.250. The molecule has 0 amide bonds. The van der Waals surface area contributed by atoms with Gasteiger partial charge in [-0.2, -0.15) is 0 Å². The highest BCUT2D eigenvalue weighted by molar-refractivity contribution is 5.84. The molecule has 2 aromatic rings. The first-order valence-corrected chi connectivity index (χ1v) is 4.75. The molecule has 0 fully saturated rings. The topological polar surface area (TPSA) is 4.93 Å². The number of aromatic nitrogens is 1. The van der Waals surface area contributed by atoms with Crippen LogP contribution in [0.5, 0.6) is 0 Å². The molecule has 1 aromatic carbocycles. The summed E-state index contributed by atoms with van der Waals surface area (Å²) in [4.78, 5) is 0. The van der Waals surface area contributed by atoms with Crippen molar-refractivity contribution in [3.05, 3.63) is 42.7 Å². The van der Waals surface area contributed by atoms with Gasteiger partial charge in [0, 0.05) is 24.1 Å². The fourth-order valence-electron chi connectivity index (χ4n) is 1.84. The molecule has 0 aliphatic rings. The van der Waals surface area contributed by atoms with Crippen molar-refractivity contribution in [1.29, 1.82) is 0 Å². The molecule has 0 saturated carbocycles. The van der Waals surface area contributed by atoms with Crippen molar-refractivity contribution >= 4 is 10.9 Å². The molecule has 1 aromatic heterocycles. The first kappa shape index (κ1) is 9.25. The lowest BCUT2D eigenvalue weighted by molar-refractivity contribution is 0.629. The van der Waals surface area contributed by atoms with Gasteiger partial charge in [0.1, 0.15) is 5.82 Å². The third-order valence-corrected chi connectivity index (χ3v) is 2.48. The Kier molecular flexibility index (Phi) is 2.28. The second kappa shape index (κ2) is 3.45. The lowest BCUT2D eigenvalue weighted by atomic mass is 10.1. The zero-order valence-corrected chi connectivity index (χ0v) is 8.26. The van der Waals surface area contributed by atoms with Gasteiger partial charge in [-0.15, -0.1) is 0 Å². The molecule has 0 aliphatic heterocycles. The maximum atomic E-state index is 13.0. The highest BCUT2D eigenvalue weighted by atomic mass is 19.1. The molecule has 0 atom stereocenters. The molecule has 1 nitrogen and oxygen atoms in total. The number of hydrogen-bond donors (Lipinski definition) is 0. The minimum atomic E-state index is -0.172. The van der Waals surface area contributed by atoms with E-state index in [0.29, 0.717) is 0 Å². The van der Waals surface area contributed by atoms with Gasteiger partial charge in [0.25, 0.3) is 0 Å². The number of rotatable bonds is 2. The van der Waals surface area contributed by atoms with E-state index >= 15 is 0 Å². The molecular formula is C12H13FN. The van der Waals surface area contributed by atoms with Gasteiger partial charge in [-0.25, -0.2) is 4.39 Å².